The molecule has 5 nitrogen and oxygen atoms in total. The molecule has 1 atom stereocenters. The number of amides is 1. The predicted octanol–water partition coefficient (Wildman–Crippen LogP) is 2.85. The van der Waals surface area contributed by atoms with Crippen molar-refractivity contribution in [3.63, 3.8) is 0 Å². The van der Waals surface area contributed by atoms with Crippen LogP contribution in [0.5, 0.6) is 11.5 Å². The van der Waals surface area contributed by atoms with E-state index < -0.39 is 6.10 Å². The minimum atomic E-state index is -0.529. The van der Waals surface area contributed by atoms with Crippen LogP contribution in [0.25, 0.3) is 0 Å². The lowest BCUT2D eigenvalue weighted by Crippen LogP contribution is -2.39. The number of ether oxygens (including phenoxy) is 2. The van der Waals surface area contributed by atoms with E-state index in [1.807, 2.05) is 37.3 Å². The van der Waals surface area contributed by atoms with E-state index in [0.29, 0.717) is 24.5 Å². The van der Waals surface area contributed by atoms with Crippen LogP contribution >= 0.6 is 0 Å². The first-order chi connectivity index (χ1) is 11.6. The van der Waals surface area contributed by atoms with E-state index in [1.54, 1.807) is 24.1 Å². The standard InChI is InChI=1S/C19H21NO4/c1-13-7-8-15-14(11-13)16(21)9-10-20(15)19(22)12-24-18-6-4-3-5-17(18)23-2/h3-8,11,16,21H,9-10,12H2,1-2H3. The van der Waals surface area contributed by atoms with Gasteiger partial charge in [0.25, 0.3) is 5.91 Å². The highest BCUT2D eigenvalue weighted by molar-refractivity contribution is 5.95. The van der Waals surface area contributed by atoms with Crippen molar-refractivity contribution in [2.24, 2.45) is 0 Å². The molecule has 1 aliphatic heterocycles. The highest BCUT2D eigenvalue weighted by atomic mass is 16.5. The lowest BCUT2D eigenvalue weighted by molar-refractivity contribution is -0.120. The molecule has 0 saturated carbocycles. The molecule has 3 rings (SSSR count). The smallest absolute Gasteiger partial charge is 0.264 e. The maximum Gasteiger partial charge on any atom is 0.264 e. The third kappa shape index (κ3) is 3.21. The summed E-state index contributed by atoms with van der Waals surface area (Å²) in [5.74, 6) is 0.989. The summed E-state index contributed by atoms with van der Waals surface area (Å²) in [5.41, 5.74) is 2.62. The first-order valence-electron chi connectivity index (χ1n) is 7.95. The normalized spacial score (nSPS) is 16.5. The molecule has 1 aliphatic rings. The largest absolute Gasteiger partial charge is 0.493 e. The second-order valence-corrected chi connectivity index (χ2v) is 5.85. The summed E-state index contributed by atoms with van der Waals surface area (Å²) in [6.07, 6.45) is -0.00397. The zero-order valence-electron chi connectivity index (χ0n) is 13.9. The van der Waals surface area contributed by atoms with Crippen LogP contribution < -0.4 is 14.4 Å². The third-order valence-electron chi connectivity index (χ3n) is 4.18. The summed E-state index contributed by atoms with van der Waals surface area (Å²) in [5, 5.41) is 10.2. The van der Waals surface area contributed by atoms with Crippen LogP contribution in [0.15, 0.2) is 42.5 Å². The molecule has 0 radical (unpaired) electrons. The van der Waals surface area contributed by atoms with Crippen molar-refractivity contribution < 1.29 is 19.4 Å². The Morgan fingerprint density at radius 2 is 2.00 bits per heavy atom. The Hall–Kier alpha value is -2.53. The van der Waals surface area contributed by atoms with Gasteiger partial charge in [-0.2, -0.15) is 0 Å². The number of carbonyl (C=O) groups is 1. The van der Waals surface area contributed by atoms with Gasteiger partial charge in [0.05, 0.1) is 13.2 Å². The zero-order valence-corrected chi connectivity index (χ0v) is 13.9. The summed E-state index contributed by atoms with van der Waals surface area (Å²) < 4.78 is 10.9. The first-order valence-corrected chi connectivity index (χ1v) is 7.95. The van der Waals surface area contributed by atoms with Crippen LogP contribution in [0.2, 0.25) is 0 Å². The van der Waals surface area contributed by atoms with Gasteiger partial charge in [-0.1, -0.05) is 29.8 Å². The summed E-state index contributed by atoms with van der Waals surface area (Å²) in [6.45, 7) is 2.37. The molecule has 1 amide bonds. The Morgan fingerprint density at radius 3 is 2.75 bits per heavy atom. The molecular formula is C19H21NO4. The topological polar surface area (TPSA) is 59.0 Å². The van der Waals surface area contributed by atoms with E-state index in [2.05, 4.69) is 0 Å². The maximum absolute atomic E-state index is 12.6. The third-order valence-corrected chi connectivity index (χ3v) is 4.18. The predicted molar refractivity (Wildman–Crippen MR) is 91.6 cm³/mol. The Balaban J connectivity index is 1.75. The van der Waals surface area contributed by atoms with Crippen molar-refractivity contribution in [1.82, 2.24) is 0 Å². The van der Waals surface area contributed by atoms with Crippen LogP contribution in [0, 0.1) is 6.92 Å². The number of hydrogen-bond acceptors (Lipinski definition) is 4. The fourth-order valence-corrected chi connectivity index (χ4v) is 2.93. The molecule has 0 aromatic heterocycles. The number of rotatable bonds is 4. The van der Waals surface area contributed by atoms with Gasteiger partial charge in [-0.25, -0.2) is 0 Å². The van der Waals surface area contributed by atoms with Gasteiger partial charge in [0.2, 0.25) is 0 Å². The van der Waals surface area contributed by atoms with E-state index in [1.165, 1.54) is 0 Å². The minimum Gasteiger partial charge on any atom is -0.493 e. The van der Waals surface area contributed by atoms with E-state index in [4.69, 9.17) is 9.47 Å². The van der Waals surface area contributed by atoms with Gasteiger partial charge in [-0.15, -0.1) is 0 Å². The number of hydrogen-bond donors (Lipinski definition) is 1. The maximum atomic E-state index is 12.6. The van der Waals surface area contributed by atoms with Gasteiger partial charge in [0, 0.05) is 17.8 Å². The van der Waals surface area contributed by atoms with Crippen LogP contribution in [0.4, 0.5) is 5.69 Å². The molecular weight excluding hydrogens is 306 g/mol. The van der Waals surface area contributed by atoms with Gasteiger partial charge in [0.15, 0.2) is 18.1 Å². The summed E-state index contributed by atoms with van der Waals surface area (Å²) >= 11 is 0. The molecule has 2 aromatic rings. The number of nitrogens with zero attached hydrogens (tertiary/aromatic N) is 1. The Kier molecular flexibility index (Phi) is 4.71. The molecule has 24 heavy (non-hydrogen) atoms. The number of carbonyl (C=O) groups excluding carboxylic acids is 1. The molecule has 0 spiro atoms. The van der Waals surface area contributed by atoms with Crippen molar-refractivity contribution in [1.29, 1.82) is 0 Å². The zero-order chi connectivity index (χ0) is 17.1. The molecule has 0 fully saturated rings. The molecule has 1 N–H and O–H groups in total. The van der Waals surface area contributed by atoms with Gasteiger partial charge >= 0.3 is 0 Å². The van der Waals surface area contributed by atoms with Gasteiger partial charge < -0.3 is 19.5 Å². The molecule has 1 unspecified atom stereocenters. The highest BCUT2D eigenvalue weighted by Gasteiger charge is 2.27. The SMILES string of the molecule is COc1ccccc1OCC(=O)N1CCC(O)c2cc(C)ccc21. The highest BCUT2D eigenvalue weighted by Crippen LogP contribution is 2.34. The molecule has 0 aliphatic carbocycles. The number of para-hydroxylation sites is 2. The number of aliphatic hydroxyl groups is 1. The van der Waals surface area contributed by atoms with E-state index in [0.717, 1.165) is 16.8 Å². The summed E-state index contributed by atoms with van der Waals surface area (Å²) in [6, 6.07) is 13.0. The number of benzene rings is 2. The fourth-order valence-electron chi connectivity index (χ4n) is 2.93. The Morgan fingerprint density at radius 1 is 1.25 bits per heavy atom. The number of aliphatic hydroxyl groups excluding tert-OH is 1. The van der Waals surface area contributed by atoms with Gasteiger partial charge in [-0.05, 0) is 31.5 Å². The second kappa shape index (κ2) is 6.93. The van der Waals surface area contributed by atoms with Crippen molar-refractivity contribution >= 4 is 11.6 Å². The van der Waals surface area contributed by atoms with Crippen molar-refractivity contribution in [2.75, 3.05) is 25.2 Å². The van der Waals surface area contributed by atoms with E-state index >= 15 is 0 Å². The van der Waals surface area contributed by atoms with Gasteiger partial charge in [0.1, 0.15) is 0 Å². The number of methoxy groups -OCH3 is 1. The minimum absolute atomic E-state index is 0.0796. The average molecular weight is 327 g/mol. The second-order valence-electron chi connectivity index (χ2n) is 5.85. The molecule has 0 bridgehead atoms. The number of anilines is 1. The lowest BCUT2D eigenvalue weighted by atomic mass is 9.97. The van der Waals surface area contributed by atoms with E-state index in [9.17, 15) is 9.90 Å². The fraction of sp³-hybridized carbons (Fsp3) is 0.316. The summed E-state index contributed by atoms with van der Waals surface area (Å²) in [7, 11) is 1.56. The Bertz CT molecular complexity index is 744. The average Bonchev–Trinajstić information content (AvgIpc) is 2.60. The van der Waals surface area contributed by atoms with Crippen molar-refractivity contribution in [2.45, 2.75) is 19.4 Å². The molecule has 2 aromatic carbocycles. The first kappa shape index (κ1) is 16.3. The van der Waals surface area contributed by atoms with Gasteiger partial charge in [-0.3, -0.25) is 4.79 Å². The molecule has 1 heterocycles. The molecule has 126 valence electrons. The quantitative estimate of drug-likeness (QED) is 0.938. The molecule has 5 heteroatoms. The van der Waals surface area contributed by atoms with E-state index in [-0.39, 0.29) is 12.5 Å². The van der Waals surface area contributed by atoms with Crippen molar-refractivity contribution in [3.8, 4) is 11.5 Å². The van der Waals surface area contributed by atoms with Crippen LogP contribution in [-0.4, -0.2) is 31.3 Å². The lowest BCUT2D eigenvalue weighted by Gasteiger charge is -2.32. The van der Waals surface area contributed by atoms with Crippen LogP contribution in [0.3, 0.4) is 0 Å². The monoisotopic (exact) mass is 327 g/mol. The Labute approximate surface area is 141 Å². The number of aryl methyl sites for hydroxylation is 1. The summed E-state index contributed by atoms with van der Waals surface area (Å²) in [4.78, 5) is 14.3. The van der Waals surface area contributed by atoms with Crippen LogP contribution in [-0.2, 0) is 4.79 Å². The van der Waals surface area contributed by atoms with Crippen molar-refractivity contribution in [3.05, 3.63) is 53.6 Å². The number of fused-ring (bicyclic) bond motifs is 1. The van der Waals surface area contributed by atoms with Crippen LogP contribution in [0.1, 0.15) is 23.7 Å². The molecule has 0 saturated heterocycles.